The fourth-order valence-electron chi connectivity index (χ4n) is 3.01. The van der Waals surface area contributed by atoms with E-state index in [1.165, 1.54) is 11.0 Å². The van der Waals surface area contributed by atoms with Crippen molar-refractivity contribution in [2.24, 2.45) is 0 Å². The van der Waals surface area contributed by atoms with E-state index in [1.807, 2.05) is 0 Å². The molecule has 3 rings (SSSR count). The average molecular weight is 454 g/mol. The molecular weight excluding hydrogens is 439 g/mol. The zero-order valence-electron chi connectivity index (χ0n) is 14.7. The minimum Gasteiger partial charge on any atom is -0.342 e. The van der Waals surface area contributed by atoms with Gasteiger partial charge in [0, 0.05) is 24.7 Å². The van der Waals surface area contributed by atoms with Crippen molar-refractivity contribution in [2.45, 2.75) is 29.5 Å². The molecule has 5 nitrogen and oxygen atoms in total. The van der Waals surface area contributed by atoms with Gasteiger partial charge in [-0.05, 0) is 24.3 Å². The van der Waals surface area contributed by atoms with Crippen LogP contribution in [0.4, 0.5) is 22.0 Å². The number of halogens is 5. The highest BCUT2D eigenvalue weighted by molar-refractivity contribution is 7.91. The predicted molar refractivity (Wildman–Crippen MR) is 94.2 cm³/mol. The Labute approximate surface area is 167 Å². The number of hydrogen-bond donors (Lipinski definition) is 1. The van der Waals surface area contributed by atoms with Crippen molar-refractivity contribution in [2.75, 3.05) is 13.1 Å². The van der Waals surface area contributed by atoms with Crippen molar-refractivity contribution in [1.29, 1.82) is 0 Å². The van der Waals surface area contributed by atoms with Crippen molar-refractivity contribution in [3.8, 4) is 0 Å². The van der Waals surface area contributed by atoms with Crippen LogP contribution in [0.3, 0.4) is 0 Å². The summed E-state index contributed by atoms with van der Waals surface area (Å²) >= 11 is 1.06. The number of sulfonamides is 1. The van der Waals surface area contributed by atoms with Gasteiger partial charge in [0.05, 0.1) is 6.42 Å². The standard InChI is InChI=1S/C17H15F5N2O3S2/c18-13-10(14(19)16(21)17(22)15(13)20)8-11(25)24-5-3-9(4-6-24)23-29(26,27)12-2-1-7-28-12/h1-2,7,9,23H,3-6,8H2. The van der Waals surface area contributed by atoms with E-state index in [-0.39, 0.29) is 30.1 Å². The minimum absolute atomic E-state index is 0.0753. The molecule has 12 heteroatoms. The van der Waals surface area contributed by atoms with Gasteiger partial charge in [-0.3, -0.25) is 4.79 Å². The summed E-state index contributed by atoms with van der Waals surface area (Å²) in [6.07, 6.45) is -0.502. The summed E-state index contributed by atoms with van der Waals surface area (Å²) in [5.74, 6) is -11.4. The largest absolute Gasteiger partial charge is 0.342 e. The molecule has 0 saturated carbocycles. The topological polar surface area (TPSA) is 66.5 Å². The van der Waals surface area contributed by atoms with Crippen LogP contribution in [0, 0.1) is 29.1 Å². The molecule has 0 aliphatic carbocycles. The van der Waals surface area contributed by atoms with Crippen molar-refractivity contribution in [3.05, 3.63) is 52.2 Å². The number of carbonyl (C=O) groups excluding carboxylic acids is 1. The molecule has 2 heterocycles. The van der Waals surface area contributed by atoms with Crippen LogP contribution in [0.15, 0.2) is 21.7 Å². The Morgan fingerprint density at radius 2 is 1.59 bits per heavy atom. The van der Waals surface area contributed by atoms with E-state index in [9.17, 15) is 35.2 Å². The Hall–Kier alpha value is -2.05. The zero-order chi connectivity index (χ0) is 21.3. The normalized spacial score (nSPS) is 15.7. The molecule has 0 radical (unpaired) electrons. The van der Waals surface area contributed by atoms with E-state index >= 15 is 0 Å². The smallest absolute Gasteiger partial charge is 0.250 e. The Kier molecular flexibility index (Phi) is 6.24. The quantitative estimate of drug-likeness (QED) is 0.429. The molecule has 0 spiro atoms. The third kappa shape index (κ3) is 4.43. The lowest BCUT2D eigenvalue weighted by Crippen LogP contribution is -2.46. The summed E-state index contributed by atoms with van der Waals surface area (Å²) in [5, 5.41) is 1.62. The number of nitrogens with one attached hydrogen (secondary N) is 1. The number of hydrogen-bond acceptors (Lipinski definition) is 4. The molecule has 0 atom stereocenters. The fraction of sp³-hybridized carbons (Fsp3) is 0.353. The molecule has 0 unspecified atom stereocenters. The molecule has 2 aromatic rings. The van der Waals surface area contributed by atoms with Crippen molar-refractivity contribution in [3.63, 3.8) is 0 Å². The van der Waals surface area contributed by atoms with Crippen LogP contribution in [0.5, 0.6) is 0 Å². The molecule has 1 N–H and O–H groups in total. The average Bonchev–Trinajstić information content (AvgIpc) is 3.24. The lowest BCUT2D eigenvalue weighted by Gasteiger charge is -2.32. The first kappa shape index (κ1) is 21.7. The summed E-state index contributed by atoms with van der Waals surface area (Å²) in [6.45, 7) is 0.151. The minimum atomic E-state index is -3.68. The first-order valence-corrected chi connectivity index (χ1v) is 10.8. The second kappa shape index (κ2) is 8.36. The molecule has 1 aliphatic rings. The van der Waals surface area contributed by atoms with Crippen molar-refractivity contribution in [1.82, 2.24) is 9.62 Å². The first-order chi connectivity index (χ1) is 13.6. The van der Waals surface area contributed by atoms with Crippen molar-refractivity contribution < 1.29 is 35.2 Å². The van der Waals surface area contributed by atoms with E-state index in [2.05, 4.69) is 4.72 Å². The van der Waals surface area contributed by atoms with Gasteiger partial charge in [-0.1, -0.05) is 6.07 Å². The summed E-state index contributed by atoms with van der Waals surface area (Å²) in [5.41, 5.74) is -1.19. The van der Waals surface area contributed by atoms with Crippen LogP contribution in [0.25, 0.3) is 0 Å². The second-order valence-corrected chi connectivity index (χ2v) is 9.32. The van der Waals surface area contributed by atoms with E-state index in [0.29, 0.717) is 0 Å². The highest BCUT2D eigenvalue weighted by Crippen LogP contribution is 2.25. The van der Waals surface area contributed by atoms with Gasteiger partial charge < -0.3 is 4.90 Å². The summed E-state index contributed by atoms with van der Waals surface area (Å²) in [7, 11) is -3.68. The van der Waals surface area contributed by atoms with Gasteiger partial charge in [-0.25, -0.2) is 35.1 Å². The van der Waals surface area contributed by atoms with Crippen LogP contribution in [-0.2, 0) is 21.2 Å². The molecule has 0 bridgehead atoms. The van der Waals surface area contributed by atoms with E-state index in [4.69, 9.17) is 0 Å². The Morgan fingerprint density at radius 3 is 2.10 bits per heavy atom. The number of likely N-dealkylation sites (tertiary alicyclic amines) is 1. The highest BCUT2D eigenvalue weighted by atomic mass is 32.2. The lowest BCUT2D eigenvalue weighted by atomic mass is 10.0. The van der Waals surface area contributed by atoms with Crippen LogP contribution < -0.4 is 4.72 Å². The third-order valence-corrected chi connectivity index (χ3v) is 7.48. The zero-order valence-corrected chi connectivity index (χ0v) is 16.4. The molecule has 1 saturated heterocycles. The Bertz CT molecular complexity index is 991. The second-order valence-electron chi connectivity index (χ2n) is 6.43. The Morgan fingerprint density at radius 1 is 1.03 bits per heavy atom. The maximum absolute atomic E-state index is 13.7. The lowest BCUT2D eigenvalue weighted by molar-refractivity contribution is -0.131. The van der Waals surface area contributed by atoms with Crippen LogP contribution in [0.2, 0.25) is 0 Å². The maximum atomic E-state index is 13.7. The summed E-state index contributed by atoms with van der Waals surface area (Å²) in [4.78, 5) is 13.5. The monoisotopic (exact) mass is 454 g/mol. The first-order valence-electron chi connectivity index (χ1n) is 8.45. The number of piperidine rings is 1. The maximum Gasteiger partial charge on any atom is 0.250 e. The summed E-state index contributed by atoms with van der Waals surface area (Å²) in [6, 6.07) is 2.61. The third-order valence-electron chi connectivity index (χ3n) is 4.56. The number of benzene rings is 1. The van der Waals surface area contributed by atoms with Crippen molar-refractivity contribution >= 4 is 27.3 Å². The number of thiophene rings is 1. The molecule has 1 aromatic heterocycles. The van der Waals surface area contributed by atoms with E-state index < -0.39 is 63.0 Å². The van der Waals surface area contributed by atoms with E-state index in [0.717, 1.165) is 11.3 Å². The van der Waals surface area contributed by atoms with E-state index in [1.54, 1.807) is 11.4 Å². The summed E-state index contributed by atoms with van der Waals surface area (Å²) < 4.78 is 94.2. The van der Waals surface area contributed by atoms with Gasteiger partial charge in [0.2, 0.25) is 21.7 Å². The molecular formula is C17H15F5N2O3S2. The SMILES string of the molecule is O=C(Cc1c(F)c(F)c(F)c(F)c1F)N1CCC(NS(=O)(=O)c2cccs2)CC1. The van der Waals surface area contributed by atoms with Gasteiger partial charge in [0.15, 0.2) is 23.3 Å². The van der Waals surface area contributed by atoms with Gasteiger partial charge >= 0.3 is 0 Å². The van der Waals surface area contributed by atoms with Crippen LogP contribution in [-0.4, -0.2) is 38.4 Å². The predicted octanol–water partition coefficient (Wildman–Crippen LogP) is 2.96. The molecule has 158 valence electrons. The molecule has 1 aliphatic heterocycles. The van der Waals surface area contributed by atoms with Gasteiger partial charge in [-0.15, -0.1) is 11.3 Å². The fourth-order valence-corrected chi connectivity index (χ4v) is 5.32. The number of nitrogens with zero attached hydrogens (tertiary/aromatic N) is 1. The number of carbonyl (C=O) groups is 1. The number of amides is 1. The molecule has 1 amide bonds. The van der Waals surface area contributed by atoms with Gasteiger partial charge in [-0.2, -0.15) is 0 Å². The van der Waals surface area contributed by atoms with Crippen LogP contribution in [0.1, 0.15) is 18.4 Å². The van der Waals surface area contributed by atoms with Gasteiger partial charge in [0.1, 0.15) is 4.21 Å². The molecule has 1 aromatic carbocycles. The molecule has 29 heavy (non-hydrogen) atoms. The molecule has 1 fully saturated rings. The Balaban J connectivity index is 1.63. The van der Waals surface area contributed by atoms with Crippen LogP contribution >= 0.6 is 11.3 Å². The van der Waals surface area contributed by atoms with Gasteiger partial charge in [0.25, 0.3) is 0 Å². The number of rotatable bonds is 5. The highest BCUT2D eigenvalue weighted by Gasteiger charge is 2.30.